The highest BCUT2D eigenvalue weighted by Gasteiger charge is 2.53. The van der Waals surface area contributed by atoms with E-state index in [0.29, 0.717) is 27.9 Å². The molecule has 0 bridgehead atoms. The van der Waals surface area contributed by atoms with Crippen LogP contribution in [0.1, 0.15) is 50.8 Å². The normalized spacial score (nSPS) is 24.4. The quantitative estimate of drug-likeness (QED) is 0.457. The molecule has 39 heavy (non-hydrogen) atoms. The van der Waals surface area contributed by atoms with Gasteiger partial charge in [0, 0.05) is 28.8 Å². The Labute approximate surface area is 243 Å². The molecule has 10 heteroatoms. The molecule has 3 heterocycles. The molecule has 0 aromatic heterocycles. The monoisotopic (exact) mass is 586 g/mol. The topological polar surface area (TPSA) is 85.2 Å². The number of nitrogens with one attached hydrogen (secondary N) is 1. The Balaban J connectivity index is 1.57. The number of thioether (sulfide) groups is 1. The maximum atomic E-state index is 14.0. The summed E-state index contributed by atoms with van der Waals surface area (Å²) in [6, 6.07) is 14.8. The van der Waals surface area contributed by atoms with Crippen LogP contribution in [0.15, 0.2) is 64.1 Å². The summed E-state index contributed by atoms with van der Waals surface area (Å²) in [4.78, 5) is 36.6. The molecule has 3 atom stereocenters. The second kappa shape index (κ2) is 11.2. The van der Waals surface area contributed by atoms with Crippen molar-refractivity contribution in [2.75, 3.05) is 19.7 Å². The van der Waals surface area contributed by atoms with Crippen LogP contribution in [0.3, 0.4) is 0 Å². The predicted octanol–water partition coefficient (Wildman–Crippen LogP) is 5.34. The highest BCUT2D eigenvalue weighted by molar-refractivity contribution is 8.18. The first-order valence-corrected chi connectivity index (χ1v) is 14.7. The van der Waals surface area contributed by atoms with Gasteiger partial charge in [0.05, 0.1) is 12.6 Å². The molecule has 2 aromatic carbocycles. The zero-order valence-electron chi connectivity index (χ0n) is 22.2. The number of fused-ring (bicyclic) bond motifs is 1. The summed E-state index contributed by atoms with van der Waals surface area (Å²) in [7, 11) is 0. The van der Waals surface area contributed by atoms with E-state index in [1.165, 1.54) is 11.8 Å². The molecule has 1 saturated heterocycles. The third-order valence-corrected chi connectivity index (χ3v) is 9.16. The molecule has 0 unspecified atom stereocenters. The molecular weight excluding hydrogens is 555 g/mol. The van der Waals surface area contributed by atoms with Crippen LogP contribution in [-0.4, -0.2) is 57.6 Å². The molecule has 2 N–H and O–H groups in total. The van der Waals surface area contributed by atoms with Gasteiger partial charge in [0.1, 0.15) is 16.5 Å². The number of aliphatic hydroxyl groups is 1. The van der Waals surface area contributed by atoms with E-state index in [0.717, 1.165) is 28.4 Å². The number of halogens is 2. The van der Waals surface area contributed by atoms with Crippen molar-refractivity contribution < 1.29 is 14.7 Å². The van der Waals surface area contributed by atoms with Gasteiger partial charge in [-0.2, -0.15) is 0 Å². The zero-order chi connectivity index (χ0) is 27.9. The minimum atomic E-state index is -0.643. The fraction of sp³-hybridized carbons (Fsp3) is 0.414. The first kappa shape index (κ1) is 28.0. The smallest absolute Gasteiger partial charge is 0.263 e. The summed E-state index contributed by atoms with van der Waals surface area (Å²) < 4.78 is 0. The highest BCUT2D eigenvalue weighted by Crippen LogP contribution is 2.56. The van der Waals surface area contributed by atoms with Crippen LogP contribution in [0.25, 0.3) is 0 Å². The minimum absolute atomic E-state index is 0.0239. The third-order valence-electron chi connectivity index (χ3n) is 7.59. The lowest BCUT2D eigenvalue weighted by Crippen LogP contribution is -2.47. The number of amidine groups is 1. The highest BCUT2D eigenvalue weighted by atomic mass is 35.5. The largest absolute Gasteiger partial charge is 0.395 e. The van der Waals surface area contributed by atoms with Crippen LogP contribution in [0.5, 0.6) is 0 Å². The molecule has 5 rings (SSSR count). The standard InChI is InChI=1S/C29H32Cl2N4O3S/c1-17(2)23-24(27(38)34-15-4-5-22(34)26(37)32-14-16-36)39-28-33-29(3,19-8-12-21(31)13-9-19)25(35(23)28)18-6-10-20(30)11-7-18/h6-13,17,22,25,36H,4-5,14-16H2,1-3H3,(H,32,37)/t22-,25+,29-/m0/s1. The Morgan fingerprint density at radius 3 is 2.38 bits per heavy atom. The molecule has 3 aliphatic heterocycles. The van der Waals surface area contributed by atoms with E-state index in [9.17, 15) is 9.59 Å². The van der Waals surface area contributed by atoms with Crippen molar-refractivity contribution in [1.82, 2.24) is 15.1 Å². The van der Waals surface area contributed by atoms with Crippen LogP contribution >= 0.6 is 35.0 Å². The van der Waals surface area contributed by atoms with Crippen LogP contribution in [-0.2, 0) is 15.1 Å². The first-order chi connectivity index (χ1) is 18.7. The van der Waals surface area contributed by atoms with Gasteiger partial charge in [-0.25, -0.2) is 4.99 Å². The summed E-state index contributed by atoms with van der Waals surface area (Å²) in [5.41, 5.74) is 2.31. The molecule has 7 nitrogen and oxygen atoms in total. The van der Waals surface area contributed by atoms with E-state index >= 15 is 0 Å². The van der Waals surface area contributed by atoms with Gasteiger partial charge in [-0.1, -0.05) is 61.3 Å². The van der Waals surface area contributed by atoms with Crippen molar-refractivity contribution in [2.24, 2.45) is 10.9 Å². The van der Waals surface area contributed by atoms with E-state index in [1.54, 1.807) is 4.90 Å². The number of hydrogen-bond donors (Lipinski definition) is 2. The number of aliphatic imine (C=N–C) groups is 1. The second-order valence-corrected chi connectivity index (χ2v) is 12.4. The molecular formula is C29H32Cl2N4O3S. The molecule has 2 aromatic rings. The lowest BCUT2D eigenvalue weighted by atomic mass is 9.81. The van der Waals surface area contributed by atoms with Crippen LogP contribution in [0.4, 0.5) is 0 Å². The van der Waals surface area contributed by atoms with Crippen LogP contribution < -0.4 is 5.32 Å². The third kappa shape index (κ3) is 5.08. The summed E-state index contributed by atoms with van der Waals surface area (Å²) in [5.74, 6) is -0.349. The van der Waals surface area contributed by atoms with Gasteiger partial charge in [-0.15, -0.1) is 0 Å². The van der Waals surface area contributed by atoms with Crippen LogP contribution in [0, 0.1) is 5.92 Å². The van der Waals surface area contributed by atoms with E-state index < -0.39 is 11.6 Å². The van der Waals surface area contributed by atoms with Gasteiger partial charge in [-0.05, 0) is 72.8 Å². The Morgan fingerprint density at radius 1 is 1.13 bits per heavy atom. The molecule has 2 amide bonds. The van der Waals surface area contributed by atoms with E-state index in [-0.39, 0.29) is 36.9 Å². The van der Waals surface area contributed by atoms with E-state index in [4.69, 9.17) is 33.3 Å². The number of aliphatic hydroxyl groups excluding tert-OH is 1. The second-order valence-electron chi connectivity index (χ2n) is 10.5. The predicted molar refractivity (Wildman–Crippen MR) is 157 cm³/mol. The average molecular weight is 588 g/mol. The molecule has 0 spiro atoms. The average Bonchev–Trinajstić information content (AvgIpc) is 3.60. The number of nitrogens with zero attached hydrogens (tertiary/aromatic N) is 3. The van der Waals surface area contributed by atoms with Crippen molar-refractivity contribution in [2.45, 2.75) is 51.2 Å². The Kier molecular flexibility index (Phi) is 8.02. The van der Waals surface area contributed by atoms with Crippen molar-refractivity contribution in [3.8, 4) is 0 Å². The molecule has 206 valence electrons. The molecule has 0 aliphatic carbocycles. The van der Waals surface area contributed by atoms with Gasteiger partial charge in [0.25, 0.3) is 5.91 Å². The van der Waals surface area contributed by atoms with Crippen molar-refractivity contribution in [1.29, 1.82) is 0 Å². The Bertz CT molecular complexity index is 1330. The van der Waals surface area contributed by atoms with Gasteiger partial charge in [-0.3, -0.25) is 9.59 Å². The summed E-state index contributed by atoms with van der Waals surface area (Å²) in [6.07, 6.45) is 1.36. The lowest BCUT2D eigenvalue weighted by Gasteiger charge is -2.37. The molecule has 0 saturated carbocycles. The number of amides is 2. The van der Waals surface area contributed by atoms with Gasteiger partial charge >= 0.3 is 0 Å². The lowest BCUT2D eigenvalue weighted by molar-refractivity contribution is -0.135. The summed E-state index contributed by atoms with van der Waals surface area (Å²) >= 11 is 13.9. The zero-order valence-corrected chi connectivity index (χ0v) is 24.5. The Morgan fingerprint density at radius 2 is 1.77 bits per heavy atom. The number of rotatable bonds is 7. The first-order valence-electron chi connectivity index (χ1n) is 13.2. The number of allylic oxidation sites excluding steroid dienone is 1. The molecule has 0 radical (unpaired) electrons. The number of hydrogen-bond acceptors (Lipinski definition) is 6. The van der Waals surface area contributed by atoms with Gasteiger partial charge in [0.2, 0.25) is 5.91 Å². The molecule has 3 aliphatic rings. The van der Waals surface area contributed by atoms with Crippen LogP contribution in [0.2, 0.25) is 10.0 Å². The number of carbonyl (C=O) groups excluding carboxylic acids is 2. The fourth-order valence-corrected chi connectivity index (χ4v) is 7.39. The van der Waals surface area contributed by atoms with Crippen molar-refractivity contribution in [3.05, 3.63) is 80.3 Å². The SMILES string of the molecule is CC(C)C1=C(C(=O)N2CCC[C@H]2C(=O)NCCO)SC2=N[C@@](C)(c3ccc(Cl)cc3)[C@@H](c3ccc(Cl)cc3)N21. The number of carbonyl (C=O) groups is 2. The summed E-state index contributed by atoms with van der Waals surface area (Å²) in [5, 5.41) is 13.9. The van der Waals surface area contributed by atoms with E-state index in [1.807, 2.05) is 48.5 Å². The van der Waals surface area contributed by atoms with Gasteiger partial charge in [0.15, 0.2) is 5.17 Å². The maximum Gasteiger partial charge on any atom is 0.263 e. The maximum absolute atomic E-state index is 14.0. The number of likely N-dealkylation sites (tertiary alicyclic amines) is 1. The summed E-state index contributed by atoms with van der Waals surface area (Å²) in [6.45, 7) is 6.82. The van der Waals surface area contributed by atoms with E-state index in [2.05, 4.69) is 31.0 Å². The Hall–Kier alpha value is -2.52. The van der Waals surface area contributed by atoms with Gasteiger partial charge < -0.3 is 20.2 Å². The molecule has 1 fully saturated rings. The van der Waals surface area contributed by atoms with Crippen molar-refractivity contribution in [3.63, 3.8) is 0 Å². The number of benzene rings is 2. The minimum Gasteiger partial charge on any atom is -0.395 e. The van der Waals surface area contributed by atoms with Crippen molar-refractivity contribution >= 4 is 51.9 Å². The fourth-order valence-electron chi connectivity index (χ4n) is 5.77.